The lowest BCUT2D eigenvalue weighted by molar-refractivity contribution is -0.116. The van der Waals surface area contributed by atoms with E-state index in [4.69, 9.17) is 4.74 Å². The first-order valence-electron chi connectivity index (χ1n) is 6.52. The molecule has 0 fully saturated rings. The minimum Gasteiger partial charge on any atom is -0.496 e. The summed E-state index contributed by atoms with van der Waals surface area (Å²) in [5, 5.41) is 0. The van der Waals surface area contributed by atoms with E-state index in [0.29, 0.717) is 12.2 Å². The van der Waals surface area contributed by atoms with Gasteiger partial charge in [-0.15, -0.1) is 11.8 Å². The van der Waals surface area contributed by atoms with Gasteiger partial charge in [0.05, 0.1) is 12.9 Å². The Hall–Kier alpha value is -1.74. The third-order valence-corrected chi connectivity index (χ3v) is 4.30. The van der Waals surface area contributed by atoms with Crippen LogP contribution in [0.4, 0.5) is 0 Å². The number of aryl methyl sites for hydroxylation is 1. The van der Waals surface area contributed by atoms with Gasteiger partial charge in [-0.05, 0) is 24.6 Å². The number of rotatable bonds is 6. The second-order valence-corrected chi connectivity index (χ2v) is 5.60. The van der Waals surface area contributed by atoms with Gasteiger partial charge >= 0.3 is 0 Å². The number of methoxy groups -OCH3 is 1. The van der Waals surface area contributed by atoms with Crippen molar-refractivity contribution >= 4 is 17.5 Å². The Morgan fingerprint density at radius 2 is 1.80 bits per heavy atom. The summed E-state index contributed by atoms with van der Waals surface area (Å²) in [5.74, 6) is 1.48. The molecule has 2 rings (SSSR count). The molecule has 0 aliphatic heterocycles. The number of Topliss-reactive ketones (excluding diaryl/α,β-unsaturated/α-hetero) is 1. The predicted molar refractivity (Wildman–Crippen MR) is 83.6 cm³/mol. The first-order chi connectivity index (χ1) is 9.70. The number of hydrogen-bond donors (Lipinski definition) is 0. The van der Waals surface area contributed by atoms with Crippen LogP contribution in [0.15, 0.2) is 53.4 Å². The van der Waals surface area contributed by atoms with Crippen molar-refractivity contribution < 1.29 is 9.53 Å². The first kappa shape index (κ1) is 14.7. The summed E-state index contributed by atoms with van der Waals surface area (Å²) in [4.78, 5) is 13.3. The van der Waals surface area contributed by atoms with Crippen LogP contribution in [0.2, 0.25) is 0 Å². The summed E-state index contributed by atoms with van der Waals surface area (Å²) in [6.07, 6.45) is 0.420. The standard InChI is InChI=1S/C17H18O2S/c1-13-7-3-6-10-17(13)20-12-15(18)11-14-8-4-5-9-16(14)19-2/h3-10H,11-12H2,1-2H3. The Bertz CT molecular complexity index is 593. The maximum Gasteiger partial charge on any atom is 0.147 e. The van der Waals surface area contributed by atoms with E-state index < -0.39 is 0 Å². The lowest BCUT2D eigenvalue weighted by Gasteiger charge is -2.08. The number of ether oxygens (including phenoxy) is 1. The van der Waals surface area contributed by atoms with Gasteiger partial charge in [-0.1, -0.05) is 36.4 Å². The zero-order valence-corrected chi connectivity index (χ0v) is 12.6. The van der Waals surface area contributed by atoms with E-state index >= 15 is 0 Å². The van der Waals surface area contributed by atoms with E-state index in [1.54, 1.807) is 18.9 Å². The number of carbonyl (C=O) groups is 1. The highest BCUT2D eigenvalue weighted by molar-refractivity contribution is 8.00. The molecule has 3 heteroatoms. The highest BCUT2D eigenvalue weighted by atomic mass is 32.2. The molecule has 0 radical (unpaired) electrons. The number of hydrogen-bond acceptors (Lipinski definition) is 3. The first-order valence-corrected chi connectivity index (χ1v) is 7.51. The van der Waals surface area contributed by atoms with Crippen molar-refractivity contribution in [1.29, 1.82) is 0 Å². The van der Waals surface area contributed by atoms with E-state index in [2.05, 4.69) is 19.1 Å². The molecule has 2 aromatic rings. The molecule has 0 aliphatic rings. The second kappa shape index (κ2) is 7.15. The zero-order chi connectivity index (χ0) is 14.4. The molecule has 0 atom stereocenters. The van der Waals surface area contributed by atoms with Crippen LogP contribution >= 0.6 is 11.8 Å². The Morgan fingerprint density at radius 3 is 2.55 bits per heavy atom. The Morgan fingerprint density at radius 1 is 1.10 bits per heavy atom. The second-order valence-electron chi connectivity index (χ2n) is 4.58. The number of carbonyl (C=O) groups excluding carboxylic acids is 1. The minimum absolute atomic E-state index is 0.211. The Balaban J connectivity index is 1.95. The van der Waals surface area contributed by atoms with Crippen molar-refractivity contribution in [2.45, 2.75) is 18.2 Å². The topological polar surface area (TPSA) is 26.3 Å². The number of benzene rings is 2. The summed E-state index contributed by atoms with van der Waals surface area (Å²) in [7, 11) is 1.63. The van der Waals surface area contributed by atoms with Crippen LogP contribution in [-0.4, -0.2) is 18.6 Å². The fourth-order valence-electron chi connectivity index (χ4n) is 1.99. The number of para-hydroxylation sites is 1. The van der Waals surface area contributed by atoms with Crippen molar-refractivity contribution in [2.75, 3.05) is 12.9 Å². The maximum atomic E-state index is 12.1. The molecule has 104 valence electrons. The van der Waals surface area contributed by atoms with Crippen molar-refractivity contribution in [2.24, 2.45) is 0 Å². The molecular formula is C17H18O2S. The summed E-state index contributed by atoms with van der Waals surface area (Å²) >= 11 is 1.60. The lowest BCUT2D eigenvalue weighted by Crippen LogP contribution is -2.07. The molecule has 0 spiro atoms. The molecule has 0 saturated carbocycles. The summed E-state index contributed by atoms with van der Waals surface area (Å²) in [6, 6.07) is 15.8. The summed E-state index contributed by atoms with van der Waals surface area (Å²) in [6.45, 7) is 2.06. The van der Waals surface area contributed by atoms with Gasteiger partial charge in [0.1, 0.15) is 11.5 Å². The zero-order valence-electron chi connectivity index (χ0n) is 11.8. The van der Waals surface area contributed by atoms with Gasteiger partial charge in [0.15, 0.2) is 0 Å². The molecule has 0 aliphatic carbocycles. The van der Waals surface area contributed by atoms with Gasteiger partial charge in [-0.3, -0.25) is 4.79 Å². The van der Waals surface area contributed by atoms with Crippen LogP contribution < -0.4 is 4.74 Å². The third kappa shape index (κ3) is 3.87. The van der Waals surface area contributed by atoms with Gasteiger partial charge in [-0.2, -0.15) is 0 Å². The molecule has 0 amide bonds. The third-order valence-electron chi connectivity index (χ3n) is 3.06. The summed E-state index contributed by atoms with van der Waals surface area (Å²) < 4.78 is 5.27. The van der Waals surface area contributed by atoms with E-state index in [1.807, 2.05) is 36.4 Å². The molecule has 0 aromatic heterocycles. The van der Waals surface area contributed by atoms with E-state index in [1.165, 1.54) is 10.5 Å². The normalized spacial score (nSPS) is 10.3. The Labute approximate surface area is 124 Å². The van der Waals surface area contributed by atoms with Crippen molar-refractivity contribution in [3.05, 3.63) is 59.7 Å². The molecule has 0 N–H and O–H groups in total. The van der Waals surface area contributed by atoms with E-state index in [9.17, 15) is 4.79 Å². The average Bonchev–Trinajstić information content (AvgIpc) is 2.47. The number of thioether (sulfide) groups is 1. The van der Waals surface area contributed by atoms with Crippen LogP contribution in [0.3, 0.4) is 0 Å². The van der Waals surface area contributed by atoms with Crippen LogP contribution in [0.25, 0.3) is 0 Å². The van der Waals surface area contributed by atoms with Crippen molar-refractivity contribution in [3.8, 4) is 5.75 Å². The fourth-order valence-corrected chi connectivity index (χ4v) is 2.88. The van der Waals surface area contributed by atoms with E-state index in [-0.39, 0.29) is 5.78 Å². The van der Waals surface area contributed by atoms with Crippen LogP contribution in [0.5, 0.6) is 5.75 Å². The van der Waals surface area contributed by atoms with Crippen molar-refractivity contribution in [3.63, 3.8) is 0 Å². The van der Waals surface area contributed by atoms with Gasteiger partial charge in [0.2, 0.25) is 0 Å². The highest BCUT2D eigenvalue weighted by Gasteiger charge is 2.09. The fraction of sp³-hybridized carbons (Fsp3) is 0.235. The SMILES string of the molecule is COc1ccccc1CC(=O)CSc1ccccc1C. The van der Waals surface area contributed by atoms with Gasteiger partial charge in [-0.25, -0.2) is 0 Å². The highest BCUT2D eigenvalue weighted by Crippen LogP contribution is 2.23. The molecule has 0 heterocycles. The Kier molecular flexibility index (Phi) is 5.24. The summed E-state index contributed by atoms with van der Waals surface area (Å²) in [5.41, 5.74) is 2.16. The molecule has 2 nitrogen and oxygen atoms in total. The van der Waals surface area contributed by atoms with Gasteiger partial charge < -0.3 is 4.74 Å². The molecule has 0 saturated heterocycles. The predicted octanol–water partition coefficient (Wildman–Crippen LogP) is 3.91. The number of ketones is 1. The van der Waals surface area contributed by atoms with Crippen LogP contribution in [0.1, 0.15) is 11.1 Å². The minimum atomic E-state index is 0.211. The van der Waals surface area contributed by atoms with Crippen molar-refractivity contribution in [1.82, 2.24) is 0 Å². The maximum absolute atomic E-state index is 12.1. The smallest absolute Gasteiger partial charge is 0.147 e. The molecule has 0 unspecified atom stereocenters. The average molecular weight is 286 g/mol. The van der Waals surface area contributed by atoms with Gasteiger partial charge in [0.25, 0.3) is 0 Å². The van der Waals surface area contributed by atoms with E-state index in [0.717, 1.165) is 11.3 Å². The lowest BCUT2D eigenvalue weighted by atomic mass is 10.1. The van der Waals surface area contributed by atoms with Gasteiger partial charge in [0, 0.05) is 16.9 Å². The molecule has 2 aromatic carbocycles. The largest absolute Gasteiger partial charge is 0.496 e. The molecule has 0 bridgehead atoms. The molecular weight excluding hydrogens is 268 g/mol. The van der Waals surface area contributed by atoms with Crippen LogP contribution in [0, 0.1) is 6.92 Å². The monoisotopic (exact) mass is 286 g/mol. The van der Waals surface area contributed by atoms with Crippen LogP contribution in [-0.2, 0) is 11.2 Å². The molecule has 20 heavy (non-hydrogen) atoms. The quantitative estimate of drug-likeness (QED) is 0.753.